The van der Waals surface area contributed by atoms with Crippen molar-refractivity contribution in [3.8, 4) is 0 Å². The van der Waals surface area contributed by atoms with Crippen LogP contribution in [0.5, 0.6) is 0 Å². The van der Waals surface area contributed by atoms with E-state index in [9.17, 15) is 8.78 Å². The quantitative estimate of drug-likeness (QED) is 0.903. The van der Waals surface area contributed by atoms with Gasteiger partial charge in [0.15, 0.2) is 11.6 Å². The molecule has 6 heteroatoms. The van der Waals surface area contributed by atoms with E-state index in [2.05, 4.69) is 10.2 Å². The summed E-state index contributed by atoms with van der Waals surface area (Å²) in [6.45, 7) is 7.06. The third-order valence-electron chi connectivity index (χ3n) is 3.45. The third-order valence-corrected chi connectivity index (χ3v) is 3.45. The SMILES string of the molecule is Cc1ccc([C@H](C)N2CCNCC2)c(F)c1F.Cl.Cl. The summed E-state index contributed by atoms with van der Waals surface area (Å²) in [5, 5.41) is 3.25. The normalized spacial score (nSPS) is 17.3. The molecule has 1 aromatic rings. The Morgan fingerprint density at radius 3 is 2.26 bits per heavy atom. The largest absolute Gasteiger partial charge is 0.314 e. The lowest BCUT2D eigenvalue weighted by atomic mass is 10.0. The highest BCUT2D eigenvalue weighted by molar-refractivity contribution is 5.85. The van der Waals surface area contributed by atoms with Gasteiger partial charge in [0, 0.05) is 37.8 Å². The first kappa shape index (κ1) is 18.6. The Labute approximate surface area is 125 Å². The Kier molecular flexibility index (Phi) is 7.82. The van der Waals surface area contributed by atoms with E-state index in [1.165, 1.54) is 0 Å². The summed E-state index contributed by atoms with van der Waals surface area (Å²) in [5.41, 5.74) is 0.814. The second kappa shape index (κ2) is 8.00. The molecule has 0 aliphatic carbocycles. The molecule has 2 rings (SSSR count). The van der Waals surface area contributed by atoms with E-state index in [1.807, 2.05) is 6.92 Å². The average Bonchev–Trinajstić information content (AvgIpc) is 2.36. The van der Waals surface area contributed by atoms with Crippen LogP contribution in [-0.4, -0.2) is 31.1 Å². The molecule has 0 radical (unpaired) electrons. The lowest BCUT2D eigenvalue weighted by Crippen LogP contribution is -2.44. The minimum absolute atomic E-state index is 0. The molecule has 0 amide bonds. The van der Waals surface area contributed by atoms with Gasteiger partial charge >= 0.3 is 0 Å². The summed E-state index contributed by atoms with van der Waals surface area (Å²) in [6, 6.07) is 3.26. The second-order valence-electron chi connectivity index (χ2n) is 4.56. The van der Waals surface area contributed by atoms with Gasteiger partial charge in [0.1, 0.15) is 0 Å². The van der Waals surface area contributed by atoms with Crippen molar-refractivity contribution in [1.82, 2.24) is 10.2 Å². The van der Waals surface area contributed by atoms with Gasteiger partial charge in [-0.3, -0.25) is 4.90 Å². The standard InChI is InChI=1S/C13H18F2N2.2ClH/c1-9-3-4-11(13(15)12(9)14)10(2)17-7-5-16-6-8-17;;/h3-4,10,16H,5-8H2,1-2H3;2*1H/t10-;;/m0../s1. The van der Waals surface area contributed by atoms with Crippen molar-refractivity contribution in [3.63, 3.8) is 0 Å². The van der Waals surface area contributed by atoms with Gasteiger partial charge in [-0.2, -0.15) is 0 Å². The summed E-state index contributed by atoms with van der Waals surface area (Å²) in [4.78, 5) is 2.17. The molecule has 2 nitrogen and oxygen atoms in total. The lowest BCUT2D eigenvalue weighted by molar-refractivity contribution is 0.181. The van der Waals surface area contributed by atoms with Crippen molar-refractivity contribution in [2.75, 3.05) is 26.2 Å². The van der Waals surface area contributed by atoms with Crippen LogP contribution in [0, 0.1) is 18.6 Å². The van der Waals surface area contributed by atoms with Crippen molar-refractivity contribution in [2.24, 2.45) is 0 Å². The molecule has 0 unspecified atom stereocenters. The van der Waals surface area contributed by atoms with Crippen LogP contribution in [0.15, 0.2) is 12.1 Å². The zero-order valence-electron chi connectivity index (χ0n) is 11.1. The summed E-state index contributed by atoms with van der Waals surface area (Å²) >= 11 is 0. The molecular formula is C13H20Cl2F2N2. The van der Waals surface area contributed by atoms with Crippen LogP contribution in [0.1, 0.15) is 24.1 Å². The molecule has 1 aliphatic rings. The number of nitrogens with one attached hydrogen (secondary N) is 1. The highest BCUT2D eigenvalue weighted by Gasteiger charge is 2.22. The third kappa shape index (κ3) is 4.02. The van der Waals surface area contributed by atoms with Gasteiger partial charge in [0.05, 0.1) is 0 Å². The van der Waals surface area contributed by atoms with E-state index in [1.54, 1.807) is 19.1 Å². The van der Waals surface area contributed by atoms with Gasteiger partial charge < -0.3 is 5.32 Å². The summed E-state index contributed by atoms with van der Waals surface area (Å²) in [7, 11) is 0. The summed E-state index contributed by atoms with van der Waals surface area (Å²) in [5.74, 6) is -1.42. The molecule has 0 bridgehead atoms. The smallest absolute Gasteiger partial charge is 0.163 e. The molecule has 1 aromatic carbocycles. The van der Waals surface area contributed by atoms with Gasteiger partial charge in [-0.1, -0.05) is 12.1 Å². The minimum atomic E-state index is -0.718. The average molecular weight is 313 g/mol. The first-order valence-corrected chi connectivity index (χ1v) is 6.00. The van der Waals surface area contributed by atoms with E-state index in [0.717, 1.165) is 26.2 Å². The fourth-order valence-electron chi connectivity index (χ4n) is 2.25. The molecular weight excluding hydrogens is 293 g/mol. The highest BCUT2D eigenvalue weighted by atomic mass is 35.5. The fraction of sp³-hybridized carbons (Fsp3) is 0.538. The maximum Gasteiger partial charge on any atom is 0.163 e. The number of rotatable bonds is 2. The number of halogens is 4. The van der Waals surface area contributed by atoms with Crippen molar-refractivity contribution >= 4 is 24.8 Å². The number of hydrogen-bond donors (Lipinski definition) is 1. The first-order valence-electron chi connectivity index (χ1n) is 6.00. The molecule has 0 aromatic heterocycles. The van der Waals surface area contributed by atoms with Crippen molar-refractivity contribution in [2.45, 2.75) is 19.9 Å². The zero-order chi connectivity index (χ0) is 12.4. The predicted octanol–water partition coefficient (Wildman–Crippen LogP) is 3.08. The van der Waals surface area contributed by atoms with Crippen LogP contribution >= 0.6 is 24.8 Å². The van der Waals surface area contributed by atoms with Crippen molar-refractivity contribution in [1.29, 1.82) is 0 Å². The van der Waals surface area contributed by atoms with Gasteiger partial charge in [-0.25, -0.2) is 8.78 Å². The Morgan fingerprint density at radius 2 is 1.68 bits per heavy atom. The van der Waals surface area contributed by atoms with Gasteiger partial charge in [0.25, 0.3) is 0 Å². The van der Waals surface area contributed by atoms with Gasteiger partial charge in [-0.05, 0) is 19.4 Å². The molecule has 1 aliphatic heterocycles. The van der Waals surface area contributed by atoms with Crippen LogP contribution in [-0.2, 0) is 0 Å². The maximum atomic E-state index is 13.9. The Hall–Kier alpha value is -0.420. The zero-order valence-corrected chi connectivity index (χ0v) is 12.7. The monoisotopic (exact) mass is 312 g/mol. The van der Waals surface area contributed by atoms with Gasteiger partial charge in [0.2, 0.25) is 0 Å². The lowest BCUT2D eigenvalue weighted by Gasteiger charge is -2.33. The molecule has 1 atom stereocenters. The van der Waals surface area contributed by atoms with Crippen LogP contribution in [0.4, 0.5) is 8.78 Å². The first-order chi connectivity index (χ1) is 8.11. The molecule has 1 N–H and O–H groups in total. The number of nitrogens with zero attached hydrogens (tertiary/aromatic N) is 1. The van der Waals surface area contributed by atoms with Crippen LogP contribution in [0.2, 0.25) is 0 Å². The minimum Gasteiger partial charge on any atom is -0.314 e. The Balaban J connectivity index is 0.00000162. The van der Waals surface area contributed by atoms with E-state index < -0.39 is 11.6 Å². The number of hydrogen-bond acceptors (Lipinski definition) is 2. The van der Waals surface area contributed by atoms with Crippen LogP contribution in [0.3, 0.4) is 0 Å². The van der Waals surface area contributed by atoms with Crippen LogP contribution < -0.4 is 5.32 Å². The van der Waals surface area contributed by atoms with E-state index in [0.29, 0.717) is 11.1 Å². The van der Waals surface area contributed by atoms with Crippen molar-refractivity contribution < 1.29 is 8.78 Å². The maximum absolute atomic E-state index is 13.9. The molecule has 0 saturated carbocycles. The second-order valence-corrected chi connectivity index (χ2v) is 4.56. The van der Waals surface area contributed by atoms with E-state index in [4.69, 9.17) is 0 Å². The van der Waals surface area contributed by atoms with E-state index >= 15 is 0 Å². The molecule has 19 heavy (non-hydrogen) atoms. The Morgan fingerprint density at radius 1 is 1.11 bits per heavy atom. The fourth-order valence-corrected chi connectivity index (χ4v) is 2.25. The number of aryl methyl sites for hydroxylation is 1. The van der Waals surface area contributed by atoms with E-state index in [-0.39, 0.29) is 30.9 Å². The Bertz CT molecular complexity index is 410. The molecule has 1 saturated heterocycles. The van der Waals surface area contributed by atoms with Crippen LogP contribution in [0.25, 0.3) is 0 Å². The molecule has 110 valence electrons. The number of benzene rings is 1. The molecule has 0 spiro atoms. The summed E-state index contributed by atoms with van der Waals surface area (Å²) < 4.78 is 27.4. The van der Waals surface area contributed by atoms with Crippen molar-refractivity contribution in [3.05, 3.63) is 34.9 Å². The summed E-state index contributed by atoms with van der Waals surface area (Å²) in [6.07, 6.45) is 0. The predicted molar refractivity (Wildman–Crippen MR) is 78.4 cm³/mol. The number of piperazine rings is 1. The molecule has 1 fully saturated rings. The van der Waals surface area contributed by atoms with Gasteiger partial charge in [-0.15, -0.1) is 24.8 Å². The molecule has 1 heterocycles. The highest BCUT2D eigenvalue weighted by Crippen LogP contribution is 2.26. The topological polar surface area (TPSA) is 15.3 Å².